The summed E-state index contributed by atoms with van der Waals surface area (Å²) in [6, 6.07) is 19.9. The van der Waals surface area contributed by atoms with Crippen molar-refractivity contribution in [3.05, 3.63) is 90.2 Å². The summed E-state index contributed by atoms with van der Waals surface area (Å²) in [6.45, 7) is 0.234. The van der Waals surface area contributed by atoms with E-state index in [2.05, 4.69) is 5.32 Å². The molecule has 1 aliphatic rings. The smallest absolute Gasteiger partial charge is 0.332 e. The largest absolute Gasteiger partial charge is 0.497 e. The number of methoxy groups -OCH3 is 1. The van der Waals surface area contributed by atoms with E-state index in [-0.39, 0.29) is 24.6 Å². The molecule has 1 heterocycles. The molecule has 8 heteroatoms. The van der Waals surface area contributed by atoms with Gasteiger partial charge in [0.05, 0.1) is 19.2 Å². The summed E-state index contributed by atoms with van der Waals surface area (Å²) in [5, 5.41) is 2.76. The number of carbonyl (C=O) groups excluding carboxylic acids is 3. The number of anilines is 2. The molecular weight excluding hydrogens is 437 g/mol. The lowest BCUT2D eigenvalue weighted by Crippen LogP contribution is -2.39. The van der Waals surface area contributed by atoms with Crippen LogP contribution in [0.4, 0.5) is 20.6 Å². The second kappa shape index (κ2) is 10.2. The molecule has 1 saturated heterocycles. The number of amides is 4. The molecular formula is C26H24FN3O4. The minimum absolute atomic E-state index is 0.195. The maximum Gasteiger partial charge on any atom is 0.332 e. The number of nitrogens with zero attached hydrogens (tertiary/aromatic N) is 2. The molecule has 0 bridgehead atoms. The summed E-state index contributed by atoms with van der Waals surface area (Å²) in [5.74, 6) is -0.658. The Bertz CT molecular complexity index is 1170. The van der Waals surface area contributed by atoms with Crippen molar-refractivity contribution in [2.45, 2.75) is 18.9 Å². The van der Waals surface area contributed by atoms with Crippen molar-refractivity contribution in [1.82, 2.24) is 4.90 Å². The number of imide groups is 1. The first kappa shape index (κ1) is 23.0. The van der Waals surface area contributed by atoms with Crippen molar-refractivity contribution in [1.29, 1.82) is 0 Å². The van der Waals surface area contributed by atoms with Crippen molar-refractivity contribution in [2.24, 2.45) is 0 Å². The van der Waals surface area contributed by atoms with Crippen LogP contribution in [0.15, 0.2) is 78.9 Å². The number of nitrogens with one attached hydrogen (secondary N) is 1. The molecule has 34 heavy (non-hydrogen) atoms. The highest BCUT2D eigenvalue weighted by molar-refractivity contribution is 6.22. The van der Waals surface area contributed by atoms with Gasteiger partial charge in [-0.1, -0.05) is 30.3 Å². The number of rotatable bonds is 8. The highest BCUT2D eigenvalue weighted by atomic mass is 19.1. The molecule has 4 rings (SSSR count). The third-order valence-corrected chi connectivity index (χ3v) is 5.64. The minimum Gasteiger partial charge on any atom is -0.497 e. The fourth-order valence-corrected chi connectivity index (χ4v) is 3.87. The van der Waals surface area contributed by atoms with Crippen LogP contribution in [0.2, 0.25) is 0 Å². The molecule has 0 aliphatic carbocycles. The van der Waals surface area contributed by atoms with E-state index in [1.54, 1.807) is 31.4 Å². The molecule has 1 atom stereocenters. The molecule has 1 aliphatic heterocycles. The van der Waals surface area contributed by atoms with E-state index in [4.69, 9.17) is 4.74 Å². The molecule has 3 aromatic carbocycles. The second-order valence-electron chi connectivity index (χ2n) is 7.86. The predicted molar refractivity (Wildman–Crippen MR) is 126 cm³/mol. The van der Waals surface area contributed by atoms with E-state index in [0.717, 1.165) is 10.5 Å². The van der Waals surface area contributed by atoms with Crippen LogP contribution >= 0.6 is 0 Å². The number of hydrogen-bond acceptors (Lipinski definition) is 4. The van der Waals surface area contributed by atoms with Gasteiger partial charge in [0, 0.05) is 12.2 Å². The average molecular weight is 461 g/mol. The van der Waals surface area contributed by atoms with E-state index in [9.17, 15) is 18.8 Å². The first-order valence-electron chi connectivity index (χ1n) is 10.8. The van der Waals surface area contributed by atoms with Crippen molar-refractivity contribution in [2.75, 3.05) is 23.9 Å². The van der Waals surface area contributed by atoms with Gasteiger partial charge in [0.15, 0.2) is 0 Å². The summed E-state index contributed by atoms with van der Waals surface area (Å²) >= 11 is 0. The highest BCUT2D eigenvalue weighted by Gasteiger charge is 2.46. The standard InChI is InChI=1S/C26H24FN3O4/c1-34-22-13-7-18(8-14-22)15-16-29-23(17-24(31)28-20-5-3-2-4-6-20)25(32)30(26(29)33)21-11-9-19(27)10-12-21/h2-14,23H,15-17H2,1H3,(H,28,31)/t23-/m0/s1. The third kappa shape index (κ3) is 5.06. The Morgan fingerprint density at radius 2 is 1.65 bits per heavy atom. The summed E-state index contributed by atoms with van der Waals surface area (Å²) in [5.41, 5.74) is 1.81. The Hall–Kier alpha value is -4.20. The zero-order chi connectivity index (χ0) is 24.1. The van der Waals surface area contributed by atoms with Gasteiger partial charge < -0.3 is 15.0 Å². The first-order valence-corrected chi connectivity index (χ1v) is 10.8. The quantitative estimate of drug-likeness (QED) is 0.509. The molecule has 1 fully saturated rings. The average Bonchev–Trinajstić information content (AvgIpc) is 3.08. The van der Waals surface area contributed by atoms with Gasteiger partial charge in [-0.2, -0.15) is 0 Å². The van der Waals surface area contributed by atoms with Crippen LogP contribution in [0.3, 0.4) is 0 Å². The van der Waals surface area contributed by atoms with Crippen molar-refractivity contribution < 1.29 is 23.5 Å². The lowest BCUT2D eigenvalue weighted by atomic mass is 10.1. The van der Waals surface area contributed by atoms with E-state index < -0.39 is 23.8 Å². The Kier molecular flexibility index (Phi) is 6.87. The zero-order valence-corrected chi connectivity index (χ0v) is 18.6. The molecule has 3 aromatic rings. The van der Waals surface area contributed by atoms with Gasteiger partial charge in [0.1, 0.15) is 17.6 Å². The van der Waals surface area contributed by atoms with E-state index in [1.165, 1.54) is 29.2 Å². The van der Waals surface area contributed by atoms with Gasteiger partial charge in [-0.15, -0.1) is 0 Å². The topological polar surface area (TPSA) is 79.0 Å². The lowest BCUT2D eigenvalue weighted by molar-refractivity contribution is -0.124. The van der Waals surface area contributed by atoms with E-state index in [1.807, 2.05) is 30.3 Å². The maximum absolute atomic E-state index is 13.4. The summed E-state index contributed by atoms with van der Waals surface area (Å²) in [7, 11) is 1.58. The van der Waals surface area contributed by atoms with Crippen LogP contribution in [0, 0.1) is 5.82 Å². The van der Waals surface area contributed by atoms with Gasteiger partial charge in [0.2, 0.25) is 5.91 Å². The van der Waals surface area contributed by atoms with Crippen LogP contribution in [0.5, 0.6) is 5.75 Å². The Morgan fingerprint density at radius 3 is 2.29 bits per heavy atom. The van der Waals surface area contributed by atoms with Gasteiger partial charge in [-0.25, -0.2) is 14.1 Å². The molecule has 4 amide bonds. The van der Waals surface area contributed by atoms with E-state index in [0.29, 0.717) is 17.9 Å². The van der Waals surface area contributed by atoms with Gasteiger partial charge >= 0.3 is 6.03 Å². The van der Waals surface area contributed by atoms with Gasteiger partial charge in [-0.3, -0.25) is 9.59 Å². The van der Waals surface area contributed by atoms with Crippen molar-refractivity contribution in [3.8, 4) is 5.75 Å². The summed E-state index contributed by atoms with van der Waals surface area (Å²) < 4.78 is 18.6. The van der Waals surface area contributed by atoms with Gasteiger partial charge in [0.25, 0.3) is 5.91 Å². The Balaban J connectivity index is 1.54. The number of para-hydroxylation sites is 1. The fraction of sp³-hybridized carbons (Fsp3) is 0.192. The van der Waals surface area contributed by atoms with Crippen LogP contribution in [0.1, 0.15) is 12.0 Å². The Morgan fingerprint density at radius 1 is 0.971 bits per heavy atom. The summed E-state index contributed by atoms with van der Waals surface area (Å²) in [4.78, 5) is 41.7. The molecule has 0 aromatic heterocycles. The third-order valence-electron chi connectivity index (χ3n) is 5.64. The second-order valence-corrected chi connectivity index (χ2v) is 7.86. The lowest BCUT2D eigenvalue weighted by Gasteiger charge is -2.21. The number of hydrogen-bond donors (Lipinski definition) is 1. The summed E-state index contributed by atoms with van der Waals surface area (Å²) in [6.07, 6.45) is 0.289. The molecule has 174 valence electrons. The maximum atomic E-state index is 13.4. The molecule has 0 unspecified atom stereocenters. The van der Waals surface area contributed by atoms with Crippen LogP contribution in [-0.2, 0) is 16.0 Å². The molecule has 0 radical (unpaired) electrons. The monoisotopic (exact) mass is 461 g/mol. The molecule has 7 nitrogen and oxygen atoms in total. The zero-order valence-electron chi connectivity index (χ0n) is 18.6. The van der Waals surface area contributed by atoms with Crippen LogP contribution in [0.25, 0.3) is 0 Å². The van der Waals surface area contributed by atoms with Gasteiger partial charge in [-0.05, 0) is 60.5 Å². The Labute approximate surface area is 196 Å². The number of halogens is 1. The molecule has 1 N–H and O–H groups in total. The van der Waals surface area contributed by atoms with Crippen molar-refractivity contribution in [3.63, 3.8) is 0 Å². The highest BCUT2D eigenvalue weighted by Crippen LogP contribution is 2.28. The number of benzene rings is 3. The number of ether oxygens (including phenoxy) is 1. The molecule has 0 saturated carbocycles. The minimum atomic E-state index is -0.973. The van der Waals surface area contributed by atoms with Crippen LogP contribution < -0.4 is 15.0 Å². The molecule has 0 spiro atoms. The fourth-order valence-electron chi connectivity index (χ4n) is 3.87. The van der Waals surface area contributed by atoms with Crippen LogP contribution in [-0.4, -0.2) is 42.4 Å². The predicted octanol–water partition coefficient (Wildman–Crippen LogP) is 4.24. The SMILES string of the molecule is COc1ccc(CCN2C(=O)N(c3ccc(F)cc3)C(=O)[C@@H]2CC(=O)Nc2ccccc2)cc1. The first-order chi connectivity index (χ1) is 16.5. The van der Waals surface area contributed by atoms with Crippen molar-refractivity contribution >= 4 is 29.2 Å². The number of carbonyl (C=O) groups is 3. The normalized spacial score (nSPS) is 15.5. The number of urea groups is 1. The van der Waals surface area contributed by atoms with E-state index >= 15 is 0 Å².